The van der Waals surface area contributed by atoms with Crippen LogP contribution in [0, 0.1) is 0 Å². The fourth-order valence-electron chi connectivity index (χ4n) is 3.32. The monoisotopic (exact) mass is 476 g/mol. The summed E-state index contributed by atoms with van der Waals surface area (Å²) in [6.45, 7) is 6.91. The summed E-state index contributed by atoms with van der Waals surface area (Å²) in [4.78, 5) is 15.7. The van der Waals surface area contributed by atoms with Crippen molar-refractivity contribution in [3.63, 3.8) is 0 Å². The molecule has 0 bridgehead atoms. The third-order valence-electron chi connectivity index (χ3n) is 4.70. The fraction of sp³-hybridized carbons (Fsp3) is 0.524. The number of benzene rings is 1. The number of halogens is 5. The van der Waals surface area contributed by atoms with Crippen molar-refractivity contribution in [3.8, 4) is 11.4 Å². The van der Waals surface area contributed by atoms with Crippen LogP contribution in [0.4, 0.5) is 32.6 Å². The van der Waals surface area contributed by atoms with Gasteiger partial charge in [-0.2, -0.15) is 5.10 Å². The van der Waals surface area contributed by atoms with Crippen molar-refractivity contribution < 1.29 is 36.2 Å². The maximum absolute atomic E-state index is 13.1. The van der Waals surface area contributed by atoms with E-state index in [4.69, 9.17) is 4.74 Å². The van der Waals surface area contributed by atoms with Crippen LogP contribution in [0.25, 0.3) is 5.69 Å². The minimum atomic E-state index is -4.83. The Morgan fingerprint density at radius 2 is 1.67 bits per heavy atom. The van der Waals surface area contributed by atoms with Gasteiger partial charge in [-0.15, -0.1) is 13.2 Å². The van der Waals surface area contributed by atoms with E-state index >= 15 is 0 Å². The first kappa shape index (κ1) is 24.6. The van der Waals surface area contributed by atoms with Crippen LogP contribution in [0.5, 0.6) is 5.75 Å². The Balaban J connectivity index is 1.75. The zero-order valence-corrected chi connectivity index (χ0v) is 18.4. The number of anilines is 1. The molecule has 0 saturated carbocycles. The van der Waals surface area contributed by atoms with Gasteiger partial charge in [0, 0.05) is 32.2 Å². The molecule has 0 unspecified atom stereocenters. The summed E-state index contributed by atoms with van der Waals surface area (Å²) < 4.78 is 73.9. The number of aromatic nitrogens is 2. The molecule has 0 radical (unpaired) electrons. The molecule has 0 N–H and O–H groups in total. The van der Waals surface area contributed by atoms with Gasteiger partial charge in [0.25, 0.3) is 0 Å². The number of carbonyl (C=O) groups excluding carboxylic acids is 1. The van der Waals surface area contributed by atoms with Crippen molar-refractivity contribution in [2.75, 3.05) is 31.1 Å². The second kappa shape index (κ2) is 9.44. The van der Waals surface area contributed by atoms with Crippen LogP contribution in [-0.2, 0) is 11.2 Å². The zero-order valence-electron chi connectivity index (χ0n) is 18.4. The molecule has 0 atom stereocenters. The Morgan fingerprint density at radius 3 is 2.18 bits per heavy atom. The van der Waals surface area contributed by atoms with Crippen molar-refractivity contribution in [1.29, 1.82) is 0 Å². The molecule has 0 spiro atoms. The van der Waals surface area contributed by atoms with E-state index in [9.17, 15) is 26.7 Å². The molecule has 1 aliphatic heterocycles. The number of ether oxygens (including phenoxy) is 2. The van der Waals surface area contributed by atoms with Crippen LogP contribution in [-0.4, -0.2) is 65.3 Å². The quantitative estimate of drug-likeness (QED) is 0.589. The van der Waals surface area contributed by atoms with Gasteiger partial charge >= 0.3 is 12.5 Å². The molecule has 1 fully saturated rings. The van der Waals surface area contributed by atoms with Gasteiger partial charge in [-0.05, 0) is 45.0 Å². The average Bonchev–Trinajstić information content (AvgIpc) is 3.09. The molecule has 1 amide bonds. The Kier molecular flexibility index (Phi) is 7.03. The van der Waals surface area contributed by atoms with Gasteiger partial charge in [0.1, 0.15) is 11.4 Å². The summed E-state index contributed by atoms with van der Waals surface area (Å²) in [5.41, 5.74) is -0.0874. The number of rotatable bonds is 5. The third kappa shape index (κ3) is 6.96. The molecular weight excluding hydrogens is 451 g/mol. The van der Waals surface area contributed by atoms with E-state index in [-0.39, 0.29) is 5.69 Å². The van der Waals surface area contributed by atoms with Crippen LogP contribution in [0.3, 0.4) is 0 Å². The van der Waals surface area contributed by atoms with Gasteiger partial charge in [0.15, 0.2) is 5.82 Å². The smallest absolute Gasteiger partial charge is 0.444 e. The van der Waals surface area contributed by atoms with Crippen LogP contribution in [0.15, 0.2) is 30.3 Å². The van der Waals surface area contributed by atoms with E-state index in [2.05, 4.69) is 9.84 Å². The highest BCUT2D eigenvalue weighted by molar-refractivity contribution is 5.68. The minimum absolute atomic E-state index is 0.207. The summed E-state index contributed by atoms with van der Waals surface area (Å²) in [5, 5.41) is 4.40. The summed E-state index contributed by atoms with van der Waals surface area (Å²) in [6, 6.07) is 6.34. The van der Waals surface area contributed by atoms with Gasteiger partial charge < -0.3 is 19.3 Å². The van der Waals surface area contributed by atoms with Gasteiger partial charge in [0.2, 0.25) is 6.43 Å². The molecule has 1 aromatic carbocycles. The van der Waals surface area contributed by atoms with Crippen LogP contribution < -0.4 is 9.64 Å². The molecule has 2 aromatic rings. The highest BCUT2D eigenvalue weighted by atomic mass is 19.4. The Hall–Kier alpha value is -3.05. The Bertz CT molecular complexity index is 946. The molecule has 12 heteroatoms. The highest BCUT2D eigenvalue weighted by Gasteiger charge is 2.31. The predicted molar refractivity (Wildman–Crippen MR) is 110 cm³/mol. The van der Waals surface area contributed by atoms with Crippen molar-refractivity contribution in [3.05, 3.63) is 36.0 Å². The van der Waals surface area contributed by atoms with E-state index in [1.165, 1.54) is 22.9 Å². The lowest BCUT2D eigenvalue weighted by molar-refractivity contribution is -0.274. The van der Waals surface area contributed by atoms with E-state index < -0.39 is 36.7 Å². The van der Waals surface area contributed by atoms with Gasteiger partial charge in [-0.25, -0.2) is 18.3 Å². The normalized spacial score (nSPS) is 15.2. The van der Waals surface area contributed by atoms with Gasteiger partial charge in [-0.1, -0.05) is 0 Å². The van der Waals surface area contributed by atoms with E-state index in [0.717, 1.165) is 12.1 Å². The number of hydrogen-bond donors (Lipinski definition) is 0. The number of carbonyl (C=O) groups is 1. The first-order valence-electron chi connectivity index (χ1n) is 10.3. The van der Waals surface area contributed by atoms with Crippen molar-refractivity contribution in [1.82, 2.24) is 14.7 Å². The van der Waals surface area contributed by atoms with Gasteiger partial charge in [0.05, 0.1) is 17.8 Å². The van der Waals surface area contributed by atoms with E-state index in [0.29, 0.717) is 37.7 Å². The molecule has 7 nitrogen and oxygen atoms in total. The Morgan fingerprint density at radius 1 is 1.06 bits per heavy atom. The molecule has 3 rings (SSSR count). The summed E-state index contributed by atoms with van der Waals surface area (Å²) in [6.07, 6.45) is -8.47. The first-order chi connectivity index (χ1) is 15.3. The van der Waals surface area contributed by atoms with Crippen LogP contribution in [0.2, 0.25) is 0 Å². The van der Waals surface area contributed by atoms with Crippen molar-refractivity contribution >= 4 is 11.9 Å². The van der Waals surface area contributed by atoms with Crippen LogP contribution >= 0.6 is 0 Å². The third-order valence-corrected chi connectivity index (χ3v) is 4.70. The SMILES string of the molecule is CC(C)(C)OC(=O)N1CCN(c2cc(CC(F)F)n(-c3ccc(OC(F)(F)F)cc3)n2)CC1. The number of alkyl halides is 5. The molecule has 0 aliphatic carbocycles. The van der Waals surface area contributed by atoms with E-state index in [1.807, 2.05) is 4.90 Å². The number of amides is 1. The van der Waals surface area contributed by atoms with Crippen LogP contribution in [0.1, 0.15) is 26.5 Å². The summed E-state index contributed by atoms with van der Waals surface area (Å²) in [5.74, 6) is 0.0115. The summed E-state index contributed by atoms with van der Waals surface area (Å²) in [7, 11) is 0. The standard InChI is InChI=1S/C21H25F5N4O3/c1-20(2,3)33-19(31)29-10-8-28(9-11-29)18-13-15(12-17(22)23)30(27-18)14-4-6-16(7-5-14)32-21(24,25)26/h4-7,13,17H,8-12H2,1-3H3. The second-order valence-electron chi connectivity index (χ2n) is 8.50. The predicted octanol–water partition coefficient (Wildman–Crippen LogP) is 4.64. The maximum Gasteiger partial charge on any atom is 0.573 e. The largest absolute Gasteiger partial charge is 0.573 e. The zero-order chi connectivity index (χ0) is 24.4. The number of hydrogen-bond acceptors (Lipinski definition) is 5. The minimum Gasteiger partial charge on any atom is -0.444 e. The second-order valence-corrected chi connectivity index (χ2v) is 8.50. The topological polar surface area (TPSA) is 59.8 Å². The number of piperazine rings is 1. The molecular formula is C21H25F5N4O3. The lowest BCUT2D eigenvalue weighted by Gasteiger charge is -2.35. The fourth-order valence-corrected chi connectivity index (χ4v) is 3.32. The van der Waals surface area contributed by atoms with E-state index in [1.54, 1.807) is 25.7 Å². The summed E-state index contributed by atoms with van der Waals surface area (Å²) >= 11 is 0. The maximum atomic E-state index is 13.1. The van der Waals surface area contributed by atoms with Gasteiger partial charge in [-0.3, -0.25) is 0 Å². The molecule has 182 valence electrons. The average molecular weight is 476 g/mol. The molecule has 2 heterocycles. The molecule has 1 aromatic heterocycles. The van der Waals surface area contributed by atoms with Crippen molar-refractivity contribution in [2.24, 2.45) is 0 Å². The molecule has 1 saturated heterocycles. The highest BCUT2D eigenvalue weighted by Crippen LogP contribution is 2.26. The Labute approximate surface area is 187 Å². The lowest BCUT2D eigenvalue weighted by atomic mass is 10.2. The molecule has 33 heavy (non-hydrogen) atoms. The molecule has 1 aliphatic rings. The first-order valence-corrected chi connectivity index (χ1v) is 10.3. The van der Waals surface area contributed by atoms with Crippen molar-refractivity contribution in [2.45, 2.75) is 45.6 Å². The lowest BCUT2D eigenvalue weighted by Crippen LogP contribution is -2.50. The number of nitrogens with zero attached hydrogens (tertiary/aromatic N) is 4.